The molecule has 3 aromatic rings. The number of carbonyl (C=O) groups excluding carboxylic acids is 1. The molecule has 9 nitrogen and oxygen atoms in total. The summed E-state index contributed by atoms with van der Waals surface area (Å²) in [5.41, 5.74) is -0.622. The van der Waals surface area contributed by atoms with Crippen molar-refractivity contribution in [1.82, 2.24) is 19.7 Å². The van der Waals surface area contributed by atoms with Crippen molar-refractivity contribution in [3.63, 3.8) is 0 Å². The van der Waals surface area contributed by atoms with Gasteiger partial charge >= 0.3 is 5.97 Å². The Hall–Kier alpha value is -2.66. The van der Waals surface area contributed by atoms with Crippen molar-refractivity contribution >= 4 is 49.9 Å². The first kappa shape index (κ1) is 20.1. The molecular formula is C17H19N5O4S2. The topological polar surface area (TPSA) is 127 Å². The smallest absolute Gasteiger partial charge is 0.337 e. The van der Waals surface area contributed by atoms with Gasteiger partial charge in [-0.1, -0.05) is 32.1 Å². The number of rotatable bonds is 7. The van der Waals surface area contributed by atoms with Gasteiger partial charge in [0.25, 0.3) is 5.56 Å². The molecule has 0 saturated carbocycles. The molecule has 0 bridgehead atoms. The van der Waals surface area contributed by atoms with Gasteiger partial charge in [0, 0.05) is 17.7 Å². The van der Waals surface area contributed by atoms with Crippen molar-refractivity contribution in [3.05, 3.63) is 32.1 Å². The van der Waals surface area contributed by atoms with Gasteiger partial charge in [-0.3, -0.25) is 19.5 Å². The van der Waals surface area contributed by atoms with Crippen molar-refractivity contribution in [1.29, 1.82) is 0 Å². The quantitative estimate of drug-likeness (QED) is 0.600. The summed E-state index contributed by atoms with van der Waals surface area (Å²) in [4.78, 5) is 41.6. The summed E-state index contributed by atoms with van der Waals surface area (Å²) in [5, 5.41) is 22.5. The number of aryl methyl sites for hydroxylation is 1. The fourth-order valence-corrected chi connectivity index (χ4v) is 4.31. The first-order valence-corrected chi connectivity index (χ1v) is 10.4. The highest BCUT2D eigenvalue weighted by atomic mass is 32.1. The van der Waals surface area contributed by atoms with Crippen LogP contribution in [0.15, 0.2) is 10.2 Å². The summed E-state index contributed by atoms with van der Waals surface area (Å²) in [6.45, 7) is 5.62. The number of hydrogen-bond acceptors (Lipinski definition) is 8. The van der Waals surface area contributed by atoms with E-state index in [-0.39, 0.29) is 23.4 Å². The molecule has 0 atom stereocenters. The minimum atomic E-state index is -1.19. The predicted octanol–water partition coefficient (Wildman–Crippen LogP) is 2.72. The van der Waals surface area contributed by atoms with E-state index in [4.69, 9.17) is 0 Å². The largest absolute Gasteiger partial charge is 0.478 e. The molecule has 0 aliphatic carbocycles. The number of aromatic nitrogens is 4. The summed E-state index contributed by atoms with van der Waals surface area (Å²) < 4.78 is 1.24. The monoisotopic (exact) mass is 421 g/mol. The van der Waals surface area contributed by atoms with Crippen molar-refractivity contribution in [3.8, 4) is 0 Å². The van der Waals surface area contributed by atoms with E-state index < -0.39 is 17.4 Å². The first-order chi connectivity index (χ1) is 13.3. The summed E-state index contributed by atoms with van der Waals surface area (Å²) >= 11 is 2.39. The van der Waals surface area contributed by atoms with Crippen LogP contribution in [0, 0.1) is 0 Å². The van der Waals surface area contributed by atoms with Crippen LogP contribution >= 0.6 is 22.7 Å². The van der Waals surface area contributed by atoms with Gasteiger partial charge in [0.1, 0.15) is 22.2 Å². The average Bonchev–Trinajstić information content (AvgIpc) is 3.25. The minimum Gasteiger partial charge on any atom is -0.478 e. The van der Waals surface area contributed by atoms with E-state index in [9.17, 15) is 19.5 Å². The minimum absolute atomic E-state index is 0.0307. The number of nitrogens with one attached hydrogen (secondary N) is 1. The highest BCUT2D eigenvalue weighted by Crippen LogP contribution is 2.23. The second-order valence-corrected chi connectivity index (χ2v) is 8.32. The van der Waals surface area contributed by atoms with E-state index in [2.05, 4.69) is 20.5 Å². The number of hydrogen-bond donors (Lipinski definition) is 2. The maximum absolute atomic E-state index is 13.0. The molecule has 1 amide bonds. The molecule has 28 heavy (non-hydrogen) atoms. The molecular weight excluding hydrogens is 402 g/mol. The summed E-state index contributed by atoms with van der Waals surface area (Å²) in [5.74, 6) is -0.991. The number of thiophene rings is 1. The number of carbonyl (C=O) groups is 2. The number of nitrogens with zero attached hydrogens (tertiary/aromatic N) is 4. The summed E-state index contributed by atoms with van der Waals surface area (Å²) in [6, 6.07) is 0. The molecule has 0 fully saturated rings. The summed E-state index contributed by atoms with van der Waals surface area (Å²) in [7, 11) is 0. The van der Waals surface area contributed by atoms with E-state index in [0.717, 1.165) is 22.8 Å². The highest BCUT2D eigenvalue weighted by Gasteiger charge is 2.21. The van der Waals surface area contributed by atoms with Gasteiger partial charge < -0.3 is 5.11 Å². The lowest BCUT2D eigenvalue weighted by Crippen LogP contribution is -2.31. The number of fused-ring (bicyclic) bond motifs is 1. The van der Waals surface area contributed by atoms with Crippen LogP contribution in [0.4, 0.5) is 5.13 Å². The van der Waals surface area contributed by atoms with Gasteiger partial charge in [0.15, 0.2) is 0 Å². The van der Waals surface area contributed by atoms with Crippen LogP contribution in [0.5, 0.6) is 0 Å². The average molecular weight is 422 g/mol. The van der Waals surface area contributed by atoms with Crippen molar-refractivity contribution in [2.75, 3.05) is 5.32 Å². The SMILES string of the molecule is CCCc1nc2scc(C(=O)O)c2c(=O)n1CC(=O)Nc1nnc(C(C)C)s1. The fraction of sp³-hybridized carbons (Fsp3) is 0.412. The van der Waals surface area contributed by atoms with Gasteiger partial charge in [-0.25, -0.2) is 9.78 Å². The summed E-state index contributed by atoms with van der Waals surface area (Å²) in [6.07, 6.45) is 1.22. The van der Waals surface area contributed by atoms with Gasteiger partial charge in [-0.15, -0.1) is 21.5 Å². The van der Waals surface area contributed by atoms with E-state index in [1.165, 1.54) is 21.3 Å². The molecule has 0 radical (unpaired) electrons. The zero-order valence-corrected chi connectivity index (χ0v) is 17.2. The Balaban J connectivity index is 1.95. The Bertz CT molecular complexity index is 1100. The number of carboxylic acids is 1. The first-order valence-electron chi connectivity index (χ1n) is 8.69. The lowest BCUT2D eigenvalue weighted by Gasteiger charge is -2.11. The van der Waals surface area contributed by atoms with E-state index >= 15 is 0 Å². The molecule has 3 heterocycles. The molecule has 2 N–H and O–H groups in total. The highest BCUT2D eigenvalue weighted by molar-refractivity contribution is 7.17. The molecule has 0 saturated heterocycles. The fourth-order valence-electron chi connectivity index (χ4n) is 2.62. The van der Waals surface area contributed by atoms with Gasteiger partial charge in [-0.2, -0.15) is 0 Å². The third kappa shape index (κ3) is 3.94. The maximum Gasteiger partial charge on any atom is 0.337 e. The predicted molar refractivity (Wildman–Crippen MR) is 107 cm³/mol. The van der Waals surface area contributed by atoms with Gasteiger partial charge in [-0.05, 0) is 6.42 Å². The Morgan fingerprint density at radius 2 is 2.07 bits per heavy atom. The molecule has 11 heteroatoms. The lowest BCUT2D eigenvalue weighted by molar-refractivity contribution is -0.116. The molecule has 0 aliphatic heterocycles. The van der Waals surface area contributed by atoms with Gasteiger partial charge in [0.05, 0.1) is 10.9 Å². The van der Waals surface area contributed by atoms with Crippen LogP contribution in [0.2, 0.25) is 0 Å². The Labute approximate surface area is 168 Å². The standard InChI is InChI=1S/C17H19N5O4S2/c1-4-5-10-18-14-12(9(7-27-14)16(25)26)15(24)22(10)6-11(23)19-17-21-20-13(28-17)8(2)3/h7-8H,4-6H2,1-3H3,(H,25,26)(H,19,21,23). The molecule has 148 valence electrons. The zero-order valence-electron chi connectivity index (χ0n) is 15.6. The van der Waals surface area contributed by atoms with E-state index in [1.807, 2.05) is 20.8 Å². The molecule has 0 unspecified atom stereocenters. The van der Waals surface area contributed by atoms with E-state index in [1.54, 1.807) is 0 Å². The number of amides is 1. The number of anilines is 1. The van der Waals surface area contributed by atoms with Crippen molar-refractivity contribution < 1.29 is 14.7 Å². The van der Waals surface area contributed by atoms with Crippen molar-refractivity contribution in [2.24, 2.45) is 0 Å². The molecule has 0 aromatic carbocycles. The van der Waals surface area contributed by atoms with Crippen molar-refractivity contribution in [2.45, 2.75) is 46.1 Å². The van der Waals surface area contributed by atoms with Crippen LogP contribution in [-0.2, 0) is 17.8 Å². The van der Waals surface area contributed by atoms with Gasteiger partial charge in [0.2, 0.25) is 11.0 Å². The van der Waals surface area contributed by atoms with Crippen LogP contribution in [0.1, 0.15) is 54.3 Å². The third-order valence-electron chi connectivity index (χ3n) is 3.96. The normalized spacial score (nSPS) is 11.3. The van der Waals surface area contributed by atoms with Crippen LogP contribution < -0.4 is 10.9 Å². The number of carboxylic acid groups (broad SMARTS) is 1. The maximum atomic E-state index is 13.0. The molecule has 0 aliphatic rings. The van der Waals surface area contributed by atoms with E-state index in [0.29, 0.717) is 22.2 Å². The molecule has 3 aromatic heterocycles. The third-order valence-corrected chi connectivity index (χ3v) is 5.97. The van der Waals surface area contributed by atoms with Crippen LogP contribution in [0.3, 0.4) is 0 Å². The Kier molecular flexibility index (Phi) is 5.84. The zero-order chi connectivity index (χ0) is 20.4. The second-order valence-electron chi connectivity index (χ2n) is 6.45. The lowest BCUT2D eigenvalue weighted by atomic mass is 10.2. The van der Waals surface area contributed by atoms with Crippen LogP contribution in [-0.4, -0.2) is 36.7 Å². The molecule has 0 spiro atoms. The molecule has 3 rings (SSSR count). The van der Waals surface area contributed by atoms with Crippen LogP contribution in [0.25, 0.3) is 10.2 Å². The second kappa shape index (κ2) is 8.15. The Morgan fingerprint density at radius 3 is 2.68 bits per heavy atom. The number of aromatic carboxylic acids is 1. The Morgan fingerprint density at radius 1 is 1.32 bits per heavy atom.